The molecule has 4 heteroatoms. The Hall–Kier alpha value is -7.01. The molecule has 0 aliphatic carbocycles. The van der Waals surface area contributed by atoms with E-state index in [1.807, 2.05) is 35.6 Å². The van der Waals surface area contributed by atoms with Crippen LogP contribution in [-0.4, -0.2) is 15.0 Å². The van der Waals surface area contributed by atoms with Crippen LogP contribution < -0.4 is 0 Å². The number of hydrogen-bond donors (Lipinski definition) is 0. The van der Waals surface area contributed by atoms with E-state index in [2.05, 4.69) is 164 Å². The molecule has 9 aromatic carbocycles. The van der Waals surface area contributed by atoms with Crippen LogP contribution in [-0.2, 0) is 0 Å². The molecule has 2 heterocycles. The van der Waals surface area contributed by atoms with E-state index in [1.54, 1.807) is 0 Å². The van der Waals surface area contributed by atoms with Gasteiger partial charge in [0.2, 0.25) is 0 Å². The summed E-state index contributed by atoms with van der Waals surface area (Å²) in [4.78, 5) is 15.5. The van der Waals surface area contributed by atoms with Gasteiger partial charge < -0.3 is 0 Å². The number of thiophene rings is 1. The predicted octanol–water partition coefficient (Wildman–Crippen LogP) is 14.0. The number of benzene rings is 9. The third-order valence-corrected chi connectivity index (χ3v) is 11.9. The third-order valence-electron chi connectivity index (χ3n) is 10.7. The van der Waals surface area contributed by atoms with Gasteiger partial charge in [0, 0.05) is 42.2 Å². The Morgan fingerprint density at radius 3 is 1.49 bits per heavy atom. The average Bonchev–Trinajstić information content (AvgIpc) is 3.65. The van der Waals surface area contributed by atoms with Crippen LogP contribution in [0.1, 0.15) is 0 Å². The van der Waals surface area contributed by atoms with Crippen LogP contribution >= 0.6 is 11.3 Å². The first kappa shape index (κ1) is 31.5. The Morgan fingerprint density at radius 1 is 0.273 bits per heavy atom. The highest BCUT2D eigenvalue weighted by Gasteiger charge is 2.18. The van der Waals surface area contributed by atoms with Gasteiger partial charge >= 0.3 is 0 Å². The standard InChI is InChI=1S/C51H31N3S/c1-3-12-32(13-4-1)33-22-24-35(25-23-33)50-52-49(34-14-5-2-6-15-34)53-51(54-50)43-20-11-19-41-38-16-7-8-17-39(38)44-30-36(26-28-42(44)48(41)43)37-27-29-47-45(31-37)40-18-9-10-21-46(40)55-47/h1-31H. The van der Waals surface area contributed by atoms with Gasteiger partial charge in [-0.3, -0.25) is 0 Å². The highest BCUT2D eigenvalue weighted by atomic mass is 32.1. The summed E-state index contributed by atoms with van der Waals surface area (Å²) in [6.07, 6.45) is 0. The van der Waals surface area contributed by atoms with E-state index < -0.39 is 0 Å². The summed E-state index contributed by atoms with van der Waals surface area (Å²) in [6.45, 7) is 0. The molecular formula is C51H31N3S. The smallest absolute Gasteiger partial charge is 0.164 e. The molecule has 55 heavy (non-hydrogen) atoms. The molecule has 0 N–H and O–H groups in total. The lowest BCUT2D eigenvalue weighted by atomic mass is 9.89. The zero-order valence-corrected chi connectivity index (χ0v) is 30.5. The fourth-order valence-corrected chi connectivity index (χ4v) is 9.15. The molecule has 0 fully saturated rings. The van der Waals surface area contributed by atoms with Crippen LogP contribution in [0.4, 0.5) is 0 Å². The van der Waals surface area contributed by atoms with E-state index >= 15 is 0 Å². The van der Waals surface area contributed by atoms with E-state index in [0.717, 1.165) is 27.6 Å². The van der Waals surface area contributed by atoms with Gasteiger partial charge in [-0.05, 0) is 73.5 Å². The Balaban J connectivity index is 1.13. The van der Waals surface area contributed by atoms with Crippen molar-refractivity contribution in [2.45, 2.75) is 0 Å². The normalized spacial score (nSPS) is 11.6. The third kappa shape index (κ3) is 5.38. The largest absolute Gasteiger partial charge is 0.208 e. The summed E-state index contributed by atoms with van der Waals surface area (Å²) in [5.41, 5.74) is 7.60. The van der Waals surface area contributed by atoms with Crippen LogP contribution in [0.25, 0.3) is 109 Å². The van der Waals surface area contributed by atoms with Crippen molar-refractivity contribution >= 4 is 63.8 Å². The number of aromatic nitrogens is 3. The van der Waals surface area contributed by atoms with Crippen molar-refractivity contribution in [1.29, 1.82) is 0 Å². The van der Waals surface area contributed by atoms with Crippen LogP contribution in [0.15, 0.2) is 188 Å². The Bertz CT molecular complexity index is 3240. The van der Waals surface area contributed by atoms with Gasteiger partial charge in [0.05, 0.1) is 0 Å². The molecule has 0 amide bonds. The molecule has 0 aliphatic heterocycles. The summed E-state index contributed by atoms with van der Waals surface area (Å²) in [5, 5.41) is 9.74. The number of nitrogens with zero attached hydrogens (tertiary/aromatic N) is 3. The Morgan fingerprint density at radius 2 is 0.745 bits per heavy atom. The van der Waals surface area contributed by atoms with E-state index in [4.69, 9.17) is 15.0 Å². The summed E-state index contributed by atoms with van der Waals surface area (Å²) < 4.78 is 2.63. The molecule has 3 nitrogen and oxygen atoms in total. The lowest BCUT2D eigenvalue weighted by molar-refractivity contribution is 1.08. The molecule has 256 valence electrons. The molecule has 2 aromatic heterocycles. The second-order valence-corrected chi connectivity index (χ2v) is 15.0. The van der Waals surface area contributed by atoms with Crippen LogP contribution in [0.2, 0.25) is 0 Å². The number of rotatable bonds is 5. The topological polar surface area (TPSA) is 38.7 Å². The summed E-state index contributed by atoms with van der Waals surface area (Å²) in [6, 6.07) is 66.9. The lowest BCUT2D eigenvalue weighted by Gasteiger charge is -2.16. The van der Waals surface area contributed by atoms with Gasteiger partial charge in [0.1, 0.15) is 0 Å². The molecule has 0 radical (unpaired) electrons. The second kappa shape index (κ2) is 12.8. The van der Waals surface area contributed by atoms with Crippen molar-refractivity contribution in [3.63, 3.8) is 0 Å². The zero-order valence-electron chi connectivity index (χ0n) is 29.6. The molecule has 0 saturated heterocycles. The minimum absolute atomic E-state index is 0.643. The first-order valence-electron chi connectivity index (χ1n) is 18.5. The fraction of sp³-hybridized carbons (Fsp3) is 0. The van der Waals surface area contributed by atoms with Crippen LogP contribution in [0.5, 0.6) is 0 Å². The SMILES string of the molecule is c1ccc(-c2ccc(-c3nc(-c4ccccc4)nc(-c4cccc5c6ccccc6c6cc(-c7ccc8sc9ccccc9c8c7)ccc6c45)n3)cc2)cc1. The maximum atomic E-state index is 5.23. The summed E-state index contributed by atoms with van der Waals surface area (Å²) in [7, 11) is 0. The quantitative estimate of drug-likeness (QED) is 0.166. The van der Waals surface area contributed by atoms with Crippen molar-refractivity contribution in [3.05, 3.63) is 188 Å². The molecule has 0 unspecified atom stereocenters. The van der Waals surface area contributed by atoms with E-state index in [1.165, 1.54) is 63.8 Å². The Labute approximate surface area is 321 Å². The predicted molar refractivity (Wildman–Crippen MR) is 232 cm³/mol. The minimum Gasteiger partial charge on any atom is -0.208 e. The van der Waals surface area contributed by atoms with Crippen molar-refractivity contribution < 1.29 is 0 Å². The first-order chi connectivity index (χ1) is 27.2. The van der Waals surface area contributed by atoms with Crippen molar-refractivity contribution in [2.75, 3.05) is 0 Å². The maximum Gasteiger partial charge on any atom is 0.164 e. The molecule has 0 atom stereocenters. The summed E-state index contributed by atoms with van der Waals surface area (Å²) >= 11 is 1.85. The lowest BCUT2D eigenvalue weighted by Crippen LogP contribution is -2.01. The van der Waals surface area contributed by atoms with Gasteiger partial charge in [-0.2, -0.15) is 0 Å². The van der Waals surface area contributed by atoms with E-state index in [0.29, 0.717) is 17.5 Å². The average molecular weight is 718 g/mol. The summed E-state index contributed by atoms with van der Waals surface area (Å²) in [5.74, 6) is 1.94. The van der Waals surface area contributed by atoms with Gasteiger partial charge in [0.15, 0.2) is 17.5 Å². The van der Waals surface area contributed by atoms with Crippen LogP contribution in [0.3, 0.4) is 0 Å². The second-order valence-electron chi connectivity index (χ2n) is 14.0. The van der Waals surface area contributed by atoms with Gasteiger partial charge in [0.25, 0.3) is 0 Å². The number of fused-ring (bicyclic) bond motifs is 9. The maximum absolute atomic E-state index is 5.23. The van der Waals surface area contributed by atoms with E-state index in [9.17, 15) is 0 Å². The van der Waals surface area contributed by atoms with Gasteiger partial charge in [-0.1, -0.05) is 164 Å². The molecule has 11 rings (SSSR count). The monoisotopic (exact) mass is 717 g/mol. The highest BCUT2D eigenvalue weighted by molar-refractivity contribution is 7.25. The molecule has 0 aliphatic rings. The first-order valence-corrected chi connectivity index (χ1v) is 19.3. The molecule has 0 bridgehead atoms. The minimum atomic E-state index is 0.643. The number of hydrogen-bond acceptors (Lipinski definition) is 4. The Kier molecular flexibility index (Phi) is 7.35. The molecule has 11 aromatic rings. The molecular weight excluding hydrogens is 687 g/mol. The van der Waals surface area contributed by atoms with Gasteiger partial charge in [-0.15, -0.1) is 11.3 Å². The molecule has 0 spiro atoms. The van der Waals surface area contributed by atoms with Crippen LogP contribution in [0, 0.1) is 0 Å². The highest BCUT2D eigenvalue weighted by Crippen LogP contribution is 2.42. The van der Waals surface area contributed by atoms with E-state index in [-0.39, 0.29) is 0 Å². The fourth-order valence-electron chi connectivity index (χ4n) is 8.06. The van der Waals surface area contributed by atoms with Crippen molar-refractivity contribution in [1.82, 2.24) is 15.0 Å². The zero-order chi connectivity index (χ0) is 36.3. The van der Waals surface area contributed by atoms with Crippen molar-refractivity contribution in [2.24, 2.45) is 0 Å². The van der Waals surface area contributed by atoms with Gasteiger partial charge in [-0.25, -0.2) is 15.0 Å². The molecule has 0 saturated carbocycles. The van der Waals surface area contributed by atoms with Crippen molar-refractivity contribution in [3.8, 4) is 56.4 Å².